The van der Waals surface area contributed by atoms with Crippen molar-refractivity contribution in [2.75, 3.05) is 50.3 Å². The predicted octanol–water partition coefficient (Wildman–Crippen LogP) is 6.55. The van der Waals surface area contributed by atoms with Crippen molar-refractivity contribution in [1.29, 1.82) is 0 Å². The molecule has 3 N–H and O–H groups in total. The molecule has 0 aliphatic carbocycles. The first-order valence-corrected chi connectivity index (χ1v) is 17.1. The van der Waals surface area contributed by atoms with Crippen LogP contribution >= 0.6 is 0 Å². The molecule has 4 heterocycles. The van der Waals surface area contributed by atoms with Crippen LogP contribution in [0.1, 0.15) is 102 Å². The van der Waals surface area contributed by atoms with Gasteiger partial charge >= 0.3 is 0 Å². The summed E-state index contributed by atoms with van der Waals surface area (Å²) in [6.07, 6.45) is 1.67. The lowest BCUT2D eigenvalue weighted by Crippen LogP contribution is -2.34. The molecule has 0 saturated heterocycles. The molecule has 6 amide bonds. The van der Waals surface area contributed by atoms with Gasteiger partial charge in [-0.05, 0) is 92.1 Å². The molecule has 51 heavy (non-hydrogen) atoms. The smallest absolute Gasteiger partial charge is 0.258 e. The lowest BCUT2D eigenvalue weighted by atomic mass is 10.0. The minimum absolute atomic E-state index is 0.0161. The predicted molar refractivity (Wildman–Crippen MR) is 196 cm³/mol. The van der Waals surface area contributed by atoms with Crippen molar-refractivity contribution in [2.24, 2.45) is 0 Å². The highest BCUT2D eigenvalue weighted by Gasteiger charge is 2.29. The molecule has 0 aromatic heterocycles. The van der Waals surface area contributed by atoms with E-state index in [4.69, 9.17) is 0 Å². The van der Waals surface area contributed by atoms with Crippen molar-refractivity contribution < 1.29 is 28.8 Å². The Labute approximate surface area is 294 Å². The van der Waals surface area contributed by atoms with Crippen LogP contribution in [-0.2, 0) is 0 Å². The zero-order chi connectivity index (χ0) is 36.0. The fraction of sp³-hybridized carbons (Fsp3) is 0.231. The summed E-state index contributed by atoms with van der Waals surface area (Å²) in [4.78, 5) is 90.1. The second kappa shape index (κ2) is 13.2. The van der Waals surface area contributed by atoms with E-state index in [1.165, 1.54) is 51.1 Å². The molecule has 0 atom stereocenters. The summed E-state index contributed by atoms with van der Waals surface area (Å²) in [5.41, 5.74) is 2.41. The Balaban J connectivity index is 1.66. The normalized spacial score (nSPS) is 15.2. The first-order valence-electron chi connectivity index (χ1n) is 17.1. The van der Waals surface area contributed by atoms with Gasteiger partial charge in [-0.3, -0.25) is 28.8 Å². The van der Waals surface area contributed by atoms with Gasteiger partial charge in [-0.25, -0.2) is 0 Å². The van der Waals surface area contributed by atoms with Crippen molar-refractivity contribution in [3.8, 4) is 0 Å². The Morgan fingerprint density at radius 2 is 0.647 bits per heavy atom. The molecule has 0 unspecified atom stereocenters. The van der Waals surface area contributed by atoms with Crippen molar-refractivity contribution in [1.82, 2.24) is 0 Å². The summed E-state index contributed by atoms with van der Waals surface area (Å²) < 4.78 is 0. The molecular weight excluding hydrogens is 648 g/mol. The Morgan fingerprint density at radius 1 is 0.373 bits per heavy atom. The number of nitrogens with one attached hydrogen (secondary N) is 3. The number of anilines is 6. The summed E-state index contributed by atoms with van der Waals surface area (Å²) in [5, 5.41) is 8.52. The fourth-order valence-electron chi connectivity index (χ4n) is 6.70. The van der Waals surface area contributed by atoms with Crippen molar-refractivity contribution in [3.05, 3.63) is 106 Å². The highest BCUT2D eigenvalue weighted by molar-refractivity contribution is 6.17. The maximum absolute atomic E-state index is 14.6. The van der Waals surface area contributed by atoms with Crippen LogP contribution in [0, 0.1) is 0 Å². The van der Waals surface area contributed by atoms with Gasteiger partial charge in [0.15, 0.2) is 0 Å². The highest BCUT2D eigenvalue weighted by atomic mass is 16.2. The molecule has 12 nitrogen and oxygen atoms in total. The van der Waals surface area contributed by atoms with E-state index in [-0.39, 0.29) is 70.1 Å². The molecule has 12 bridgehead atoms. The Hall–Kier alpha value is -6.30. The van der Waals surface area contributed by atoms with E-state index in [9.17, 15) is 28.8 Å². The van der Waals surface area contributed by atoms with E-state index in [1.54, 1.807) is 36.4 Å². The second-order valence-corrected chi connectivity index (χ2v) is 12.8. The zero-order valence-electron chi connectivity index (χ0n) is 28.5. The molecule has 4 aromatic carbocycles. The number of carbonyl (C=O) groups excluding carboxylic acids is 6. The van der Waals surface area contributed by atoms with Crippen LogP contribution in [0.2, 0.25) is 0 Å². The van der Waals surface area contributed by atoms with Crippen molar-refractivity contribution in [3.63, 3.8) is 0 Å². The van der Waals surface area contributed by atoms with Gasteiger partial charge in [-0.1, -0.05) is 20.8 Å². The van der Waals surface area contributed by atoms with Gasteiger partial charge < -0.3 is 30.7 Å². The van der Waals surface area contributed by atoms with E-state index in [0.29, 0.717) is 36.3 Å². The number of amides is 6. The maximum atomic E-state index is 14.6. The molecule has 4 aromatic rings. The molecule has 8 rings (SSSR count). The third-order valence-electron chi connectivity index (χ3n) is 9.00. The summed E-state index contributed by atoms with van der Waals surface area (Å²) in [5.74, 6) is -3.22. The van der Waals surface area contributed by atoms with Crippen molar-refractivity contribution >= 4 is 69.6 Å². The number of rotatable bonds is 6. The average molecular weight is 685 g/mol. The Morgan fingerprint density at radius 3 is 0.902 bits per heavy atom. The van der Waals surface area contributed by atoms with Crippen LogP contribution in [0.5, 0.6) is 0 Å². The number of carbonyl (C=O) groups is 6. The minimum Gasteiger partial charge on any atom is -0.322 e. The van der Waals surface area contributed by atoms with Crippen LogP contribution in [-0.4, -0.2) is 55.1 Å². The van der Waals surface area contributed by atoms with Gasteiger partial charge in [0.1, 0.15) is 0 Å². The average Bonchev–Trinajstić information content (AvgIpc) is 3.12. The van der Waals surface area contributed by atoms with Gasteiger partial charge in [0.25, 0.3) is 35.4 Å². The molecule has 0 radical (unpaired) electrons. The van der Waals surface area contributed by atoms with Gasteiger partial charge in [-0.2, -0.15) is 0 Å². The van der Waals surface area contributed by atoms with Crippen LogP contribution < -0.4 is 30.7 Å². The second-order valence-electron chi connectivity index (χ2n) is 12.8. The topological polar surface area (TPSA) is 148 Å². The number of hydrogen-bond acceptors (Lipinski definition) is 6. The van der Waals surface area contributed by atoms with Gasteiger partial charge in [-0.15, -0.1) is 0 Å². The molecular formula is C39H36N6O6. The van der Waals surface area contributed by atoms with Crippen LogP contribution in [0.3, 0.4) is 0 Å². The summed E-state index contributed by atoms with van der Waals surface area (Å²) in [7, 11) is 0. The fourth-order valence-corrected chi connectivity index (χ4v) is 6.70. The molecule has 12 heteroatoms. The largest absolute Gasteiger partial charge is 0.322 e. The SMILES string of the molecule is CCCN1C(=O)c2cc3cc(c2)N(CCC)C(=O)c2cc4cc(c2)N(CCC)C(=O)c2cc(cc1c2)NC(=O)c1cc(cc(c1)C(=O)N4)C(=O)N3. The van der Waals surface area contributed by atoms with E-state index in [2.05, 4.69) is 16.0 Å². The molecule has 4 aliphatic rings. The zero-order valence-corrected chi connectivity index (χ0v) is 28.5. The van der Waals surface area contributed by atoms with Gasteiger partial charge in [0, 0.05) is 87.1 Å². The third kappa shape index (κ3) is 6.20. The van der Waals surface area contributed by atoms with E-state index < -0.39 is 35.4 Å². The maximum Gasteiger partial charge on any atom is 0.258 e. The van der Waals surface area contributed by atoms with Crippen molar-refractivity contribution in [2.45, 2.75) is 40.0 Å². The minimum atomic E-state index is -0.637. The van der Waals surface area contributed by atoms with Crippen LogP contribution in [0.25, 0.3) is 0 Å². The van der Waals surface area contributed by atoms with E-state index in [1.807, 2.05) is 20.8 Å². The summed E-state index contributed by atoms with van der Waals surface area (Å²) in [6, 6.07) is 18.5. The Bertz CT molecular complexity index is 1920. The quantitative estimate of drug-likeness (QED) is 0.210. The van der Waals surface area contributed by atoms with E-state index >= 15 is 0 Å². The lowest BCUT2D eigenvalue weighted by molar-refractivity contribution is 0.0976. The molecule has 0 fully saturated rings. The number of nitrogens with zero attached hydrogens (tertiary/aromatic N) is 3. The summed E-state index contributed by atoms with van der Waals surface area (Å²) >= 11 is 0. The standard InChI is InChI=1S/C39H36N6O6/c1-4-7-43-31-16-26-14-28(19-31)40-34(46)22-10-23-12-24(11-22)36(48)42-30-15-27(18-33(21-30)45(9-6-3)38(26)50)39(51)44(8-5-2)32-17-25(37(43)49)13-29(20-32)41-35(23)47/h10-21H,4-9H2,1-3H3,(H,40,46)(H,41,47)(H,42,48). The molecule has 0 spiro atoms. The number of fused-ring (bicyclic) bond motifs is 6. The third-order valence-corrected chi connectivity index (χ3v) is 9.00. The first-order chi connectivity index (χ1) is 24.6. The van der Waals surface area contributed by atoms with Gasteiger partial charge in [0.2, 0.25) is 0 Å². The van der Waals surface area contributed by atoms with Crippen LogP contribution in [0.4, 0.5) is 34.1 Å². The van der Waals surface area contributed by atoms with Crippen LogP contribution in [0.15, 0.2) is 72.8 Å². The number of benzene rings is 4. The number of hydrogen-bond donors (Lipinski definition) is 3. The molecule has 0 saturated carbocycles. The van der Waals surface area contributed by atoms with E-state index in [0.717, 1.165) is 0 Å². The highest BCUT2D eigenvalue weighted by Crippen LogP contribution is 2.34. The monoisotopic (exact) mass is 684 g/mol. The summed E-state index contributed by atoms with van der Waals surface area (Å²) in [6.45, 7) is 6.53. The first kappa shape index (κ1) is 33.2. The van der Waals surface area contributed by atoms with Gasteiger partial charge in [0.05, 0.1) is 0 Å². The lowest BCUT2D eigenvalue weighted by Gasteiger charge is -2.26. The molecule has 4 aliphatic heterocycles. The molecule has 258 valence electrons. The Kier molecular flexibility index (Phi) is 8.59.